The van der Waals surface area contributed by atoms with E-state index in [-0.39, 0.29) is 6.04 Å². The van der Waals surface area contributed by atoms with Gasteiger partial charge in [-0.05, 0) is 31.0 Å². The number of imidazole rings is 1. The van der Waals surface area contributed by atoms with E-state index in [4.69, 9.17) is 0 Å². The Morgan fingerprint density at radius 3 is 3.16 bits per heavy atom. The van der Waals surface area contributed by atoms with Gasteiger partial charge in [-0.3, -0.25) is 0 Å². The molecule has 2 aromatic rings. The van der Waals surface area contributed by atoms with E-state index in [2.05, 4.69) is 35.4 Å². The van der Waals surface area contributed by atoms with Gasteiger partial charge in [0.05, 0.1) is 24.3 Å². The van der Waals surface area contributed by atoms with Crippen LogP contribution < -0.4 is 5.32 Å². The van der Waals surface area contributed by atoms with Gasteiger partial charge >= 0.3 is 0 Å². The molecule has 2 N–H and O–H groups in total. The molecule has 0 aliphatic carbocycles. The lowest BCUT2D eigenvalue weighted by Gasteiger charge is -2.30. The molecule has 0 fully saturated rings. The Balaban J connectivity index is 1.95. The number of benzene rings is 1. The van der Waals surface area contributed by atoms with Crippen molar-refractivity contribution in [1.82, 2.24) is 14.9 Å². The van der Waals surface area contributed by atoms with Gasteiger partial charge in [-0.2, -0.15) is 0 Å². The van der Waals surface area contributed by atoms with Gasteiger partial charge in [-0.15, -0.1) is 0 Å². The molecular weight excluding hydrogens is 238 g/mol. The molecule has 0 amide bonds. The lowest BCUT2D eigenvalue weighted by Crippen LogP contribution is -2.34. The summed E-state index contributed by atoms with van der Waals surface area (Å²) in [5.74, 6) is 0. The fourth-order valence-corrected chi connectivity index (χ4v) is 2.83. The summed E-state index contributed by atoms with van der Waals surface area (Å²) in [6.07, 6.45) is 3.98. The number of aryl methyl sites for hydroxylation is 1. The Morgan fingerprint density at radius 2 is 2.32 bits per heavy atom. The van der Waals surface area contributed by atoms with Crippen molar-refractivity contribution in [2.45, 2.75) is 32.0 Å². The SMILES string of the molecule is CCn1cncc1C(O)C1NCCc2ccccc21. The highest BCUT2D eigenvalue weighted by atomic mass is 16.3. The van der Waals surface area contributed by atoms with E-state index in [0.717, 1.165) is 25.2 Å². The topological polar surface area (TPSA) is 50.1 Å². The Hall–Kier alpha value is -1.65. The molecule has 1 aliphatic heterocycles. The molecule has 1 aliphatic rings. The van der Waals surface area contributed by atoms with Gasteiger partial charge in [0.25, 0.3) is 0 Å². The highest BCUT2D eigenvalue weighted by Gasteiger charge is 2.28. The molecule has 100 valence electrons. The zero-order valence-corrected chi connectivity index (χ0v) is 11.1. The van der Waals surface area contributed by atoms with Crippen LogP contribution in [0.25, 0.3) is 0 Å². The Morgan fingerprint density at radius 1 is 1.47 bits per heavy atom. The van der Waals surface area contributed by atoms with E-state index >= 15 is 0 Å². The average molecular weight is 257 g/mol. The third kappa shape index (κ3) is 2.17. The number of hydrogen-bond acceptors (Lipinski definition) is 3. The summed E-state index contributed by atoms with van der Waals surface area (Å²) in [4.78, 5) is 4.14. The maximum Gasteiger partial charge on any atom is 0.115 e. The van der Waals surface area contributed by atoms with E-state index in [1.807, 2.05) is 10.6 Å². The van der Waals surface area contributed by atoms with Gasteiger partial charge in [0.15, 0.2) is 0 Å². The molecular formula is C15H19N3O. The number of nitrogens with zero attached hydrogens (tertiary/aromatic N) is 2. The molecule has 2 heterocycles. The van der Waals surface area contributed by atoms with Gasteiger partial charge in [0, 0.05) is 6.54 Å². The van der Waals surface area contributed by atoms with Crippen molar-refractivity contribution in [3.05, 3.63) is 53.6 Å². The second kappa shape index (κ2) is 5.15. The Labute approximate surface area is 113 Å². The van der Waals surface area contributed by atoms with Crippen LogP contribution in [0.15, 0.2) is 36.8 Å². The normalized spacial score (nSPS) is 20.0. The molecule has 1 aromatic carbocycles. The van der Waals surface area contributed by atoms with Crippen LogP contribution in [0.3, 0.4) is 0 Å². The van der Waals surface area contributed by atoms with Crippen LogP contribution in [0.4, 0.5) is 0 Å². The van der Waals surface area contributed by atoms with Gasteiger partial charge in [0.2, 0.25) is 0 Å². The standard InChI is InChI=1S/C15H19N3O/c1-2-18-10-16-9-13(18)15(19)14-12-6-4-3-5-11(12)7-8-17-14/h3-6,9-10,14-15,17,19H,2,7-8H2,1H3. The highest BCUT2D eigenvalue weighted by molar-refractivity contribution is 5.34. The number of rotatable bonds is 3. The predicted molar refractivity (Wildman–Crippen MR) is 73.8 cm³/mol. The summed E-state index contributed by atoms with van der Waals surface area (Å²) in [6.45, 7) is 3.78. The number of fused-ring (bicyclic) bond motifs is 1. The van der Waals surface area contributed by atoms with Gasteiger partial charge < -0.3 is 15.0 Å². The van der Waals surface area contributed by atoms with Gasteiger partial charge in [-0.25, -0.2) is 4.98 Å². The summed E-state index contributed by atoms with van der Waals surface area (Å²) in [6, 6.07) is 8.29. The fraction of sp³-hybridized carbons (Fsp3) is 0.400. The summed E-state index contributed by atoms with van der Waals surface area (Å²) in [5, 5.41) is 14.1. The van der Waals surface area contributed by atoms with Crippen LogP contribution in [-0.4, -0.2) is 21.2 Å². The minimum absolute atomic E-state index is 0.0491. The van der Waals surface area contributed by atoms with Crippen LogP contribution in [0.2, 0.25) is 0 Å². The Bertz CT molecular complexity index is 564. The molecule has 0 spiro atoms. The van der Waals surface area contributed by atoms with E-state index in [1.165, 1.54) is 11.1 Å². The molecule has 1 aromatic heterocycles. The monoisotopic (exact) mass is 257 g/mol. The van der Waals surface area contributed by atoms with Crippen molar-refractivity contribution in [3.63, 3.8) is 0 Å². The highest BCUT2D eigenvalue weighted by Crippen LogP contribution is 2.33. The third-order valence-electron chi connectivity index (χ3n) is 3.85. The molecule has 4 nitrogen and oxygen atoms in total. The van der Waals surface area contributed by atoms with Gasteiger partial charge in [-0.1, -0.05) is 24.3 Å². The summed E-state index contributed by atoms with van der Waals surface area (Å²) in [7, 11) is 0. The second-order valence-electron chi connectivity index (χ2n) is 4.93. The Kier molecular flexibility index (Phi) is 3.36. The smallest absolute Gasteiger partial charge is 0.115 e. The lowest BCUT2D eigenvalue weighted by atomic mass is 9.90. The summed E-state index contributed by atoms with van der Waals surface area (Å²) >= 11 is 0. The van der Waals surface area contributed by atoms with Gasteiger partial charge in [0.1, 0.15) is 6.10 Å². The molecule has 2 atom stereocenters. The number of aliphatic hydroxyl groups is 1. The van der Waals surface area contributed by atoms with E-state index in [0.29, 0.717) is 0 Å². The molecule has 0 saturated carbocycles. The maximum absolute atomic E-state index is 10.7. The van der Waals surface area contributed by atoms with Crippen molar-refractivity contribution >= 4 is 0 Å². The molecule has 0 radical (unpaired) electrons. The van der Waals surface area contributed by atoms with E-state index < -0.39 is 6.10 Å². The first-order chi connectivity index (χ1) is 9.31. The largest absolute Gasteiger partial charge is 0.385 e. The first-order valence-corrected chi connectivity index (χ1v) is 6.80. The van der Waals surface area contributed by atoms with Crippen molar-refractivity contribution in [1.29, 1.82) is 0 Å². The van der Waals surface area contributed by atoms with Crippen LogP contribution in [0.5, 0.6) is 0 Å². The van der Waals surface area contributed by atoms with Crippen molar-refractivity contribution in [3.8, 4) is 0 Å². The number of hydrogen-bond donors (Lipinski definition) is 2. The van der Waals surface area contributed by atoms with Crippen molar-refractivity contribution in [2.24, 2.45) is 0 Å². The van der Waals surface area contributed by atoms with Crippen LogP contribution in [0, 0.1) is 0 Å². The zero-order chi connectivity index (χ0) is 13.2. The molecule has 19 heavy (non-hydrogen) atoms. The van der Waals surface area contributed by atoms with Crippen molar-refractivity contribution in [2.75, 3.05) is 6.54 Å². The fourth-order valence-electron chi connectivity index (χ4n) is 2.83. The van der Waals surface area contributed by atoms with Crippen LogP contribution in [-0.2, 0) is 13.0 Å². The minimum atomic E-state index is -0.566. The molecule has 3 rings (SSSR count). The van der Waals surface area contributed by atoms with E-state index in [9.17, 15) is 5.11 Å². The number of nitrogens with one attached hydrogen (secondary N) is 1. The van der Waals surface area contributed by atoms with Crippen LogP contribution >= 0.6 is 0 Å². The first-order valence-electron chi connectivity index (χ1n) is 6.80. The van der Waals surface area contributed by atoms with Crippen LogP contribution in [0.1, 0.15) is 35.9 Å². The maximum atomic E-state index is 10.7. The summed E-state index contributed by atoms with van der Waals surface area (Å²) in [5.41, 5.74) is 3.40. The zero-order valence-electron chi connectivity index (χ0n) is 11.1. The first kappa shape index (κ1) is 12.4. The van der Waals surface area contributed by atoms with E-state index in [1.54, 1.807) is 12.5 Å². The predicted octanol–water partition coefficient (Wildman–Crippen LogP) is 1.82. The van der Waals surface area contributed by atoms with Crippen molar-refractivity contribution < 1.29 is 5.11 Å². The third-order valence-corrected chi connectivity index (χ3v) is 3.85. The minimum Gasteiger partial charge on any atom is -0.385 e. The lowest BCUT2D eigenvalue weighted by molar-refractivity contribution is 0.117. The average Bonchev–Trinajstić information content (AvgIpc) is 2.94. The quantitative estimate of drug-likeness (QED) is 0.882. The molecule has 0 bridgehead atoms. The molecule has 0 saturated heterocycles. The molecule has 4 heteroatoms. The number of aliphatic hydroxyl groups excluding tert-OH is 1. The number of aromatic nitrogens is 2. The second-order valence-corrected chi connectivity index (χ2v) is 4.93. The molecule has 2 unspecified atom stereocenters. The summed E-state index contributed by atoms with van der Waals surface area (Å²) < 4.78 is 1.99.